The van der Waals surface area contributed by atoms with Crippen molar-refractivity contribution in [1.82, 2.24) is 4.31 Å². The molecule has 0 radical (unpaired) electrons. The zero-order valence-electron chi connectivity index (χ0n) is 9.95. The summed E-state index contributed by atoms with van der Waals surface area (Å²) in [4.78, 5) is 0.208. The van der Waals surface area contributed by atoms with Crippen LogP contribution in [-0.2, 0) is 10.0 Å². The fourth-order valence-corrected chi connectivity index (χ4v) is 2.51. The van der Waals surface area contributed by atoms with Crippen LogP contribution in [0.3, 0.4) is 0 Å². The van der Waals surface area contributed by atoms with Gasteiger partial charge in [0.2, 0.25) is 10.0 Å². The highest BCUT2D eigenvalue weighted by Gasteiger charge is 2.23. The van der Waals surface area contributed by atoms with Crippen LogP contribution in [0.2, 0.25) is 0 Å². The summed E-state index contributed by atoms with van der Waals surface area (Å²) in [5.74, 6) is 0. The largest absolute Gasteiger partial charge is 0.390 e. The third kappa shape index (κ3) is 3.50. The molecule has 0 aliphatic rings. The molecular weight excluding hydrogens is 240 g/mol. The van der Waals surface area contributed by atoms with Gasteiger partial charge in [0.25, 0.3) is 0 Å². The van der Waals surface area contributed by atoms with Gasteiger partial charge in [0.1, 0.15) is 0 Å². The second-order valence-electron chi connectivity index (χ2n) is 4.03. The highest BCUT2D eigenvalue weighted by Crippen LogP contribution is 2.13. The molecule has 0 aromatic heterocycles. The molecule has 96 valence electrons. The zero-order valence-corrected chi connectivity index (χ0v) is 10.8. The number of sulfonamides is 1. The van der Waals surface area contributed by atoms with Gasteiger partial charge in [-0.2, -0.15) is 4.31 Å². The Labute approximate surface area is 102 Å². The molecule has 0 saturated heterocycles. The maximum Gasteiger partial charge on any atom is 0.242 e. The van der Waals surface area contributed by atoms with Crippen molar-refractivity contribution >= 4 is 10.0 Å². The number of nitrogens with two attached hydrogens (primary N) is 1. The summed E-state index contributed by atoms with van der Waals surface area (Å²) >= 11 is 0. The van der Waals surface area contributed by atoms with Crippen LogP contribution in [0, 0.1) is 0 Å². The third-order valence-electron chi connectivity index (χ3n) is 2.50. The highest BCUT2D eigenvalue weighted by atomic mass is 32.2. The van der Waals surface area contributed by atoms with Gasteiger partial charge in [-0.3, -0.25) is 0 Å². The molecule has 0 aliphatic carbocycles. The van der Waals surface area contributed by atoms with E-state index in [4.69, 9.17) is 5.73 Å². The van der Waals surface area contributed by atoms with Gasteiger partial charge in [0, 0.05) is 19.6 Å². The number of hydrogen-bond donors (Lipinski definition) is 2. The Balaban J connectivity index is 2.85. The second kappa shape index (κ2) is 5.59. The number of aliphatic hydroxyl groups is 1. The van der Waals surface area contributed by atoms with E-state index in [0.29, 0.717) is 0 Å². The standard InChI is InChI=1S/C11H18N2O3S/c1-9(12)11(14)8-13(2)17(15,16)10-6-4-3-5-7-10/h3-7,9,11,14H,8,12H2,1-2H3. The smallest absolute Gasteiger partial charge is 0.242 e. The Bertz CT molecular complexity index is 445. The van der Waals surface area contributed by atoms with Crippen molar-refractivity contribution in [3.05, 3.63) is 30.3 Å². The summed E-state index contributed by atoms with van der Waals surface area (Å²) in [6, 6.07) is 7.62. The maximum absolute atomic E-state index is 12.1. The first-order valence-electron chi connectivity index (χ1n) is 5.30. The SMILES string of the molecule is CC(N)C(O)CN(C)S(=O)(=O)c1ccccc1. The highest BCUT2D eigenvalue weighted by molar-refractivity contribution is 7.89. The lowest BCUT2D eigenvalue weighted by atomic mass is 10.2. The molecule has 1 rings (SSSR count). The predicted octanol–water partition coefficient (Wildman–Crippen LogP) is 0.0152. The molecule has 0 heterocycles. The predicted molar refractivity (Wildman–Crippen MR) is 65.9 cm³/mol. The van der Waals surface area contributed by atoms with Crippen molar-refractivity contribution in [2.45, 2.75) is 24.0 Å². The van der Waals surface area contributed by atoms with Gasteiger partial charge in [0.05, 0.1) is 11.0 Å². The first-order valence-corrected chi connectivity index (χ1v) is 6.74. The van der Waals surface area contributed by atoms with Crippen molar-refractivity contribution in [3.63, 3.8) is 0 Å². The monoisotopic (exact) mass is 258 g/mol. The maximum atomic E-state index is 12.1. The minimum atomic E-state index is -3.55. The molecule has 2 atom stereocenters. The third-order valence-corrected chi connectivity index (χ3v) is 4.34. The summed E-state index contributed by atoms with van der Waals surface area (Å²) in [5, 5.41) is 9.58. The van der Waals surface area contributed by atoms with E-state index in [1.807, 2.05) is 0 Å². The van der Waals surface area contributed by atoms with Gasteiger partial charge in [-0.05, 0) is 19.1 Å². The molecule has 17 heavy (non-hydrogen) atoms. The average Bonchev–Trinajstić information content (AvgIpc) is 2.29. The Hall–Kier alpha value is -0.950. The molecule has 0 bridgehead atoms. The van der Waals surface area contributed by atoms with Gasteiger partial charge in [-0.25, -0.2) is 8.42 Å². The molecule has 0 aliphatic heterocycles. The van der Waals surface area contributed by atoms with Crippen LogP contribution in [-0.4, -0.2) is 43.6 Å². The van der Waals surface area contributed by atoms with E-state index < -0.39 is 22.2 Å². The van der Waals surface area contributed by atoms with E-state index in [1.165, 1.54) is 19.2 Å². The molecule has 2 unspecified atom stereocenters. The molecule has 0 amide bonds. The number of nitrogens with zero attached hydrogens (tertiary/aromatic N) is 1. The van der Waals surface area contributed by atoms with E-state index in [0.717, 1.165) is 4.31 Å². The summed E-state index contributed by atoms with van der Waals surface area (Å²) in [6.07, 6.45) is -0.876. The van der Waals surface area contributed by atoms with E-state index in [9.17, 15) is 13.5 Å². The van der Waals surface area contributed by atoms with Crippen LogP contribution in [0.5, 0.6) is 0 Å². The zero-order chi connectivity index (χ0) is 13.1. The van der Waals surface area contributed by atoms with Crippen LogP contribution in [0.15, 0.2) is 35.2 Å². The van der Waals surface area contributed by atoms with Crippen LogP contribution >= 0.6 is 0 Å². The Kier molecular flexibility index (Phi) is 4.64. The normalized spacial score (nSPS) is 15.8. The van der Waals surface area contributed by atoms with E-state index in [2.05, 4.69) is 0 Å². The summed E-state index contributed by atoms with van der Waals surface area (Å²) in [6.45, 7) is 1.61. The van der Waals surface area contributed by atoms with Crippen LogP contribution < -0.4 is 5.73 Å². The van der Waals surface area contributed by atoms with Gasteiger partial charge < -0.3 is 10.8 Å². The Morgan fingerprint density at radius 3 is 2.35 bits per heavy atom. The fourth-order valence-electron chi connectivity index (χ4n) is 1.30. The van der Waals surface area contributed by atoms with Gasteiger partial charge >= 0.3 is 0 Å². The fraction of sp³-hybridized carbons (Fsp3) is 0.455. The van der Waals surface area contributed by atoms with Crippen LogP contribution in [0.25, 0.3) is 0 Å². The lowest BCUT2D eigenvalue weighted by Crippen LogP contribution is -2.42. The molecule has 3 N–H and O–H groups in total. The Morgan fingerprint density at radius 2 is 1.88 bits per heavy atom. The van der Waals surface area contributed by atoms with Crippen molar-refractivity contribution in [1.29, 1.82) is 0 Å². The molecule has 1 aromatic rings. The van der Waals surface area contributed by atoms with E-state index in [1.54, 1.807) is 25.1 Å². The molecule has 0 spiro atoms. The molecule has 0 fully saturated rings. The average molecular weight is 258 g/mol. The van der Waals surface area contributed by atoms with Gasteiger partial charge in [-0.1, -0.05) is 18.2 Å². The van der Waals surface area contributed by atoms with Crippen molar-refractivity contribution in [3.8, 4) is 0 Å². The summed E-state index contributed by atoms with van der Waals surface area (Å²) in [7, 11) is -2.13. The second-order valence-corrected chi connectivity index (χ2v) is 6.07. The Morgan fingerprint density at radius 1 is 1.35 bits per heavy atom. The summed E-state index contributed by atoms with van der Waals surface area (Å²) in [5.41, 5.74) is 5.49. The lowest BCUT2D eigenvalue weighted by molar-refractivity contribution is 0.131. The molecule has 5 nitrogen and oxygen atoms in total. The lowest BCUT2D eigenvalue weighted by Gasteiger charge is -2.22. The number of rotatable bonds is 5. The minimum Gasteiger partial charge on any atom is -0.390 e. The van der Waals surface area contributed by atoms with Gasteiger partial charge in [-0.15, -0.1) is 0 Å². The van der Waals surface area contributed by atoms with E-state index >= 15 is 0 Å². The number of hydrogen-bond acceptors (Lipinski definition) is 4. The first kappa shape index (κ1) is 14.1. The van der Waals surface area contributed by atoms with Crippen molar-refractivity contribution in [2.24, 2.45) is 5.73 Å². The first-order chi connectivity index (χ1) is 7.85. The van der Waals surface area contributed by atoms with Crippen molar-refractivity contribution < 1.29 is 13.5 Å². The molecular formula is C11H18N2O3S. The number of benzene rings is 1. The van der Waals surface area contributed by atoms with E-state index in [-0.39, 0.29) is 11.4 Å². The molecule has 1 aromatic carbocycles. The summed E-state index contributed by atoms with van der Waals surface area (Å²) < 4.78 is 25.2. The topological polar surface area (TPSA) is 83.6 Å². The number of likely N-dealkylation sites (N-methyl/N-ethyl adjacent to an activating group) is 1. The van der Waals surface area contributed by atoms with Crippen LogP contribution in [0.1, 0.15) is 6.92 Å². The minimum absolute atomic E-state index is 0.0190. The van der Waals surface area contributed by atoms with Gasteiger partial charge in [0.15, 0.2) is 0 Å². The van der Waals surface area contributed by atoms with Crippen LogP contribution in [0.4, 0.5) is 0 Å². The number of aliphatic hydroxyl groups excluding tert-OH is 1. The molecule has 0 saturated carbocycles. The van der Waals surface area contributed by atoms with Crippen molar-refractivity contribution in [2.75, 3.05) is 13.6 Å². The molecule has 6 heteroatoms. The quantitative estimate of drug-likeness (QED) is 0.779.